The average Bonchev–Trinajstić information content (AvgIpc) is 3.61. The largest absolute Gasteiger partial charge is 0.208 e. The summed E-state index contributed by atoms with van der Waals surface area (Å²) in [6.07, 6.45) is 0. The molecule has 2 heterocycles. The van der Waals surface area contributed by atoms with Crippen molar-refractivity contribution >= 4 is 42.3 Å². The first kappa shape index (κ1) is 31.0. The Morgan fingerprint density at radius 1 is 0.283 bits per heavy atom. The Bertz CT molecular complexity index is 2940. The zero-order chi connectivity index (χ0) is 35.1. The fourth-order valence-corrected chi connectivity index (χ4v) is 8.36. The van der Waals surface area contributed by atoms with Gasteiger partial charge < -0.3 is 0 Å². The van der Waals surface area contributed by atoms with Gasteiger partial charge in [0, 0.05) is 36.9 Å². The highest BCUT2D eigenvalue weighted by Gasteiger charge is 2.15. The first-order valence-corrected chi connectivity index (χ1v) is 18.6. The van der Waals surface area contributed by atoms with Crippen LogP contribution in [0.1, 0.15) is 0 Å². The summed E-state index contributed by atoms with van der Waals surface area (Å²) in [5, 5.41) is 4.91. The number of hydrogen-bond acceptors (Lipinski definition) is 4. The van der Waals surface area contributed by atoms with Crippen molar-refractivity contribution in [2.24, 2.45) is 0 Å². The lowest BCUT2D eigenvalue weighted by Crippen LogP contribution is -2.00. The monoisotopic (exact) mass is 693 g/mol. The molecule has 0 unspecified atom stereocenters. The van der Waals surface area contributed by atoms with E-state index in [2.05, 4.69) is 170 Å². The number of thiophene rings is 1. The molecular weight excluding hydrogens is 663 g/mol. The van der Waals surface area contributed by atoms with Crippen LogP contribution in [0.5, 0.6) is 0 Å². The molecule has 248 valence electrons. The minimum absolute atomic E-state index is 0.642. The fraction of sp³-hybridized carbons (Fsp3) is 0. The summed E-state index contributed by atoms with van der Waals surface area (Å²) in [6.45, 7) is 0. The van der Waals surface area contributed by atoms with Gasteiger partial charge in [0.1, 0.15) is 0 Å². The molecule has 53 heavy (non-hydrogen) atoms. The van der Waals surface area contributed by atoms with Gasteiger partial charge >= 0.3 is 0 Å². The van der Waals surface area contributed by atoms with Crippen molar-refractivity contribution in [3.63, 3.8) is 0 Å². The van der Waals surface area contributed by atoms with Crippen LogP contribution in [0.25, 0.3) is 98.5 Å². The van der Waals surface area contributed by atoms with Crippen molar-refractivity contribution in [3.05, 3.63) is 188 Å². The van der Waals surface area contributed by atoms with E-state index in [1.165, 1.54) is 47.8 Å². The molecule has 10 aromatic rings. The number of aromatic nitrogens is 3. The van der Waals surface area contributed by atoms with Gasteiger partial charge in [-0.1, -0.05) is 158 Å². The topological polar surface area (TPSA) is 38.7 Å². The lowest BCUT2D eigenvalue weighted by molar-refractivity contribution is 1.07. The smallest absolute Gasteiger partial charge is 0.164 e. The van der Waals surface area contributed by atoms with Gasteiger partial charge in [0.25, 0.3) is 0 Å². The molecule has 8 aromatic carbocycles. The fourth-order valence-electron chi connectivity index (χ4n) is 7.24. The average molecular weight is 694 g/mol. The standard InChI is InChI=1S/C49H31N3S/c1-4-12-32(13-5-1)37-25-27-45-44(29-37)42-26-24-38(31-46(42)53-45)36-19-10-20-39(28-36)48-50-47(35-16-8-3-9-17-35)51-49(52-48)40-23-22-34-18-11-21-41(43(34)30-40)33-14-6-2-7-15-33/h1-31H. The van der Waals surface area contributed by atoms with E-state index in [0.29, 0.717) is 17.5 Å². The Balaban J connectivity index is 1.07. The van der Waals surface area contributed by atoms with Gasteiger partial charge in [-0.25, -0.2) is 15.0 Å². The van der Waals surface area contributed by atoms with Gasteiger partial charge in [-0.3, -0.25) is 0 Å². The quantitative estimate of drug-likeness (QED) is 0.174. The van der Waals surface area contributed by atoms with Gasteiger partial charge in [-0.2, -0.15) is 0 Å². The van der Waals surface area contributed by atoms with Crippen LogP contribution in [0.3, 0.4) is 0 Å². The Labute approximate surface area is 311 Å². The highest BCUT2D eigenvalue weighted by molar-refractivity contribution is 7.25. The maximum atomic E-state index is 5.14. The van der Waals surface area contributed by atoms with Gasteiger partial charge in [0.05, 0.1) is 0 Å². The summed E-state index contributed by atoms with van der Waals surface area (Å²) in [5.41, 5.74) is 9.95. The van der Waals surface area contributed by atoms with Gasteiger partial charge in [0.15, 0.2) is 17.5 Å². The molecule has 0 saturated carbocycles. The molecular formula is C49H31N3S. The van der Waals surface area contributed by atoms with Gasteiger partial charge in [-0.05, 0) is 74.5 Å². The molecule has 2 aromatic heterocycles. The van der Waals surface area contributed by atoms with Crippen LogP contribution in [-0.2, 0) is 0 Å². The van der Waals surface area contributed by atoms with E-state index in [9.17, 15) is 0 Å². The van der Waals surface area contributed by atoms with Crippen LogP contribution in [0, 0.1) is 0 Å². The first-order chi connectivity index (χ1) is 26.2. The second-order valence-corrected chi connectivity index (χ2v) is 14.3. The van der Waals surface area contributed by atoms with Crippen LogP contribution in [0.15, 0.2) is 188 Å². The summed E-state index contributed by atoms with van der Waals surface area (Å²) in [4.78, 5) is 15.2. The second kappa shape index (κ2) is 13.1. The lowest BCUT2D eigenvalue weighted by atomic mass is 9.96. The zero-order valence-electron chi connectivity index (χ0n) is 28.6. The molecule has 0 aliphatic heterocycles. The van der Waals surface area contributed by atoms with E-state index in [1.807, 2.05) is 29.5 Å². The molecule has 0 amide bonds. The van der Waals surface area contributed by atoms with Crippen molar-refractivity contribution in [1.29, 1.82) is 0 Å². The zero-order valence-corrected chi connectivity index (χ0v) is 29.5. The predicted octanol–water partition coefficient (Wildman–Crippen LogP) is 13.4. The molecule has 4 heteroatoms. The Hall–Kier alpha value is -6.75. The van der Waals surface area contributed by atoms with E-state index in [1.54, 1.807) is 0 Å². The molecule has 3 nitrogen and oxygen atoms in total. The third-order valence-corrected chi connectivity index (χ3v) is 11.1. The van der Waals surface area contributed by atoms with E-state index in [-0.39, 0.29) is 0 Å². The molecule has 0 atom stereocenters. The van der Waals surface area contributed by atoms with Crippen molar-refractivity contribution in [2.75, 3.05) is 0 Å². The third kappa shape index (κ3) is 5.85. The van der Waals surface area contributed by atoms with Crippen LogP contribution in [-0.4, -0.2) is 15.0 Å². The molecule has 0 aliphatic rings. The summed E-state index contributed by atoms with van der Waals surface area (Å²) >= 11 is 1.84. The van der Waals surface area contributed by atoms with Crippen LogP contribution in [0.4, 0.5) is 0 Å². The number of rotatable bonds is 6. The van der Waals surface area contributed by atoms with Crippen LogP contribution in [0.2, 0.25) is 0 Å². The van der Waals surface area contributed by atoms with Crippen LogP contribution < -0.4 is 0 Å². The Morgan fingerprint density at radius 3 is 1.57 bits per heavy atom. The molecule has 0 spiro atoms. The third-order valence-electron chi connectivity index (χ3n) is 9.93. The predicted molar refractivity (Wildman–Crippen MR) is 223 cm³/mol. The maximum Gasteiger partial charge on any atom is 0.164 e. The summed E-state index contributed by atoms with van der Waals surface area (Å²) in [7, 11) is 0. The summed E-state index contributed by atoms with van der Waals surface area (Å²) in [5.74, 6) is 1.93. The van der Waals surface area contributed by atoms with E-state index < -0.39 is 0 Å². The van der Waals surface area contributed by atoms with E-state index >= 15 is 0 Å². The molecule has 0 saturated heterocycles. The van der Waals surface area contributed by atoms with E-state index in [4.69, 9.17) is 15.0 Å². The van der Waals surface area contributed by atoms with Crippen molar-refractivity contribution in [1.82, 2.24) is 15.0 Å². The normalized spacial score (nSPS) is 11.4. The number of fused-ring (bicyclic) bond motifs is 4. The minimum Gasteiger partial charge on any atom is -0.208 e. The highest BCUT2D eigenvalue weighted by atomic mass is 32.1. The van der Waals surface area contributed by atoms with E-state index in [0.717, 1.165) is 33.2 Å². The number of nitrogens with zero attached hydrogens (tertiary/aromatic N) is 3. The molecule has 0 fully saturated rings. The second-order valence-electron chi connectivity index (χ2n) is 13.3. The summed E-state index contributed by atoms with van der Waals surface area (Å²) in [6, 6.07) is 66.4. The Morgan fingerprint density at radius 2 is 0.811 bits per heavy atom. The highest BCUT2D eigenvalue weighted by Crippen LogP contribution is 2.39. The first-order valence-electron chi connectivity index (χ1n) is 17.8. The molecule has 0 N–H and O–H groups in total. The van der Waals surface area contributed by atoms with Crippen LogP contribution >= 0.6 is 11.3 Å². The SMILES string of the molecule is c1ccc(-c2ccc3sc4cc(-c5cccc(-c6nc(-c7ccccc7)nc(-c7ccc8cccc(-c9ccccc9)c8c7)n6)c5)ccc4c3c2)cc1. The number of benzene rings is 8. The molecule has 0 bridgehead atoms. The lowest BCUT2D eigenvalue weighted by Gasteiger charge is -2.11. The Kier molecular flexibility index (Phi) is 7.67. The number of hydrogen-bond donors (Lipinski definition) is 0. The van der Waals surface area contributed by atoms with Crippen molar-refractivity contribution in [2.45, 2.75) is 0 Å². The van der Waals surface area contributed by atoms with Crippen molar-refractivity contribution in [3.8, 4) is 67.5 Å². The maximum absolute atomic E-state index is 5.14. The van der Waals surface area contributed by atoms with Gasteiger partial charge in [0.2, 0.25) is 0 Å². The summed E-state index contributed by atoms with van der Waals surface area (Å²) < 4.78 is 2.56. The molecule has 0 aliphatic carbocycles. The molecule has 10 rings (SSSR count). The van der Waals surface area contributed by atoms with Crippen molar-refractivity contribution < 1.29 is 0 Å². The van der Waals surface area contributed by atoms with Gasteiger partial charge in [-0.15, -0.1) is 11.3 Å². The minimum atomic E-state index is 0.642. The molecule has 0 radical (unpaired) electrons.